The van der Waals surface area contributed by atoms with Crippen molar-refractivity contribution >= 4 is 17.6 Å². The number of ether oxygens (including phenoxy) is 1. The molecular formula is C26H34N4O3. The van der Waals surface area contributed by atoms with Gasteiger partial charge < -0.3 is 19.9 Å². The Morgan fingerprint density at radius 3 is 2.36 bits per heavy atom. The third-order valence-corrected chi connectivity index (χ3v) is 6.64. The highest BCUT2D eigenvalue weighted by molar-refractivity contribution is 5.90. The predicted octanol–water partition coefficient (Wildman–Crippen LogP) is 3.33. The standard InChI is InChI=1S/C26H34N4O3/c1-33-24-11-9-21(10-12-24)13-15-28-16-18-29(19-17-28)25(31)22-6-5-14-30(20-22)26(32)27-23-7-3-2-4-8-23/h2-4,7-12,22H,5-6,13-20H2,1H3,(H,27,32). The number of hydrogen-bond donors (Lipinski definition) is 1. The molecule has 2 fully saturated rings. The number of carbonyl (C=O) groups is 2. The minimum absolute atomic E-state index is 0.105. The second-order valence-corrected chi connectivity index (χ2v) is 8.85. The van der Waals surface area contributed by atoms with Gasteiger partial charge >= 0.3 is 6.03 Å². The summed E-state index contributed by atoms with van der Waals surface area (Å²) in [5, 5.41) is 2.94. The van der Waals surface area contributed by atoms with Gasteiger partial charge in [0.15, 0.2) is 0 Å². The Balaban J connectivity index is 1.22. The van der Waals surface area contributed by atoms with Crippen molar-refractivity contribution in [1.29, 1.82) is 0 Å². The molecule has 33 heavy (non-hydrogen) atoms. The molecular weight excluding hydrogens is 416 g/mol. The van der Waals surface area contributed by atoms with Crippen LogP contribution in [0.1, 0.15) is 18.4 Å². The lowest BCUT2D eigenvalue weighted by molar-refractivity contribution is -0.138. The Morgan fingerprint density at radius 1 is 0.939 bits per heavy atom. The summed E-state index contributed by atoms with van der Waals surface area (Å²) in [4.78, 5) is 32.0. The second kappa shape index (κ2) is 11.2. The number of nitrogens with one attached hydrogen (secondary N) is 1. The molecule has 1 atom stereocenters. The molecule has 0 saturated carbocycles. The Hall–Kier alpha value is -3.06. The summed E-state index contributed by atoms with van der Waals surface area (Å²) in [5.74, 6) is 0.970. The van der Waals surface area contributed by atoms with Crippen LogP contribution in [0.15, 0.2) is 54.6 Å². The molecule has 7 heteroatoms. The van der Waals surface area contributed by atoms with Crippen molar-refractivity contribution in [2.24, 2.45) is 5.92 Å². The van der Waals surface area contributed by atoms with Crippen molar-refractivity contribution < 1.29 is 14.3 Å². The number of methoxy groups -OCH3 is 1. The molecule has 2 aromatic carbocycles. The summed E-state index contributed by atoms with van der Waals surface area (Å²) in [6, 6.07) is 17.6. The van der Waals surface area contributed by atoms with Crippen molar-refractivity contribution in [1.82, 2.24) is 14.7 Å². The van der Waals surface area contributed by atoms with Gasteiger partial charge in [0.25, 0.3) is 0 Å². The fourth-order valence-electron chi connectivity index (χ4n) is 4.62. The summed E-state index contributed by atoms with van der Waals surface area (Å²) in [6.45, 7) is 5.49. The van der Waals surface area contributed by atoms with E-state index in [1.165, 1.54) is 5.56 Å². The number of carbonyl (C=O) groups excluding carboxylic acids is 2. The maximum Gasteiger partial charge on any atom is 0.321 e. The van der Waals surface area contributed by atoms with Crippen molar-refractivity contribution in [3.63, 3.8) is 0 Å². The van der Waals surface area contributed by atoms with Gasteiger partial charge in [-0.1, -0.05) is 30.3 Å². The van der Waals surface area contributed by atoms with E-state index in [0.29, 0.717) is 13.1 Å². The fraction of sp³-hybridized carbons (Fsp3) is 0.462. The van der Waals surface area contributed by atoms with E-state index in [-0.39, 0.29) is 17.9 Å². The molecule has 2 aliphatic rings. The average molecular weight is 451 g/mol. The summed E-state index contributed by atoms with van der Waals surface area (Å²) in [7, 11) is 1.68. The van der Waals surface area contributed by atoms with E-state index in [1.807, 2.05) is 47.4 Å². The minimum atomic E-state index is -0.123. The van der Waals surface area contributed by atoms with Crippen LogP contribution in [0.4, 0.5) is 10.5 Å². The van der Waals surface area contributed by atoms with E-state index in [9.17, 15) is 9.59 Å². The normalized spacial score (nSPS) is 19.2. The SMILES string of the molecule is COc1ccc(CCN2CCN(C(=O)C3CCCN(C(=O)Nc4ccccc4)C3)CC2)cc1. The number of benzene rings is 2. The van der Waals surface area contributed by atoms with E-state index in [0.717, 1.165) is 63.4 Å². The fourth-order valence-corrected chi connectivity index (χ4v) is 4.62. The monoisotopic (exact) mass is 450 g/mol. The first-order valence-corrected chi connectivity index (χ1v) is 11.9. The highest BCUT2D eigenvalue weighted by Gasteiger charge is 2.32. The molecule has 0 spiro atoms. The topological polar surface area (TPSA) is 65.1 Å². The van der Waals surface area contributed by atoms with Gasteiger partial charge in [-0.15, -0.1) is 0 Å². The van der Waals surface area contributed by atoms with Gasteiger partial charge in [-0.2, -0.15) is 0 Å². The van der Waals surface area contributed by atoms with Crippen LogP contribution in [0.5, 0.6) is 5.75 Å². The van der Waals surface area contributed by atoms with Gasteiger partial charge in [0.05, 0.1) is 13.0 Å². The van der Waals surface area contributed by atoms with Gasteiger partial charge in [0.1, 0.15) is 5.75 Å². The highest BCUT2D eigenvalue weighted by atomic mass is 16.5. The van der Waals surface area contributed by atoms with Crippen molar-refractivity contribution in [3.05, 3.63) is 60.2 Å². The summed E-state index contributed by atoms with van der Waals surface area (Å²) >= 11 is 0. The zero-order valence-electron chi connectivity index (χ0n) is 19.4. The second-order valence-electron chi connectivity index (χ2n) is 8.85. The first kappa shape index (κ1) is 23.1. The summed E-state index contributed by atoms with van der Waals surface area (Å²) in [5.41, 5.74) is 2.08. The number of piperidine rings is 1. The zero-order valence-corrected chi connectivity index (χ0v) is 19.4. The molecule has 176 valence electrons. The molecule has 4 rings (SSSR count). The third-order valence-electron chi connectivity index (χ3n) is 6.64. The van der Waals surface area contributed by atoms with E-state index in [1.54, 1.807) is 12.0 Å². The quantitative estimate of drug-likeness (QED) is 0.733. The highest BCUT2D eigenvalue weighted by Crippen LogP contribution is 2.21. The van der Waals surface area contributed by atoms with Crippen LogP contribution >= 0.6 is 0 Å². The Labute approximate surface area is 196 Å². The number of piperazine rings is 1. The number of likely N-dealkylation sites (tertiary alicyclic amines) is 1. The molecule has 2 saturated heterocycles. The third kappa shape index (κ3) is 6.26. The van der Waals surface area contributed by atoms with Gasteiger partial charge in [0, 0.05) is 51.5 Å². The van der Waals surface area contributed by atoms with Gasteiger partial charge in [-0.05, 0) is 49.1 Å². The smallest absolute Gasteiger partial charge is 0.321 e. The maximum atomic E-state index is 13.2. The van der Waals surface area contributed by atoms with Gasteiger partial charge in [0.2, 0.25) is 5.91 Å². The Kier molecular flexibility index (Phi) is 7.83. The number of para-hydroxylation sites is 1. The zero-order chi connectivity index (χ0) is 23.0. The van der Waals surface area contributed by atoms with E-state index in [4.69, 9.17) is 4.74 Å². The molecule has 1 N–H and O–H groups in total. The number of urea groups is 1. The lowest BCUT2D eigenvalue weighted by Crippen LogP contribution is -2.53. The largest absolute Gasteiger partial charge is 0.497 e. The number of anilines is 1. The van der Waals surface area contributed by atoms with E-state index < -0.39 is 0 Å². The summed E-state index contributed by atoms with van der Waals surface area (Å²) < 4.78 is 5.22. The van der Waals surface area contributed by atoms with Crippen molar-refractivity contribution in [2.75, 3.05) is 58.2 Å². The first-order valence-electron chi connectivity index (χ1n) is 11.9. The van der Waals surface area contributed by atoms with Crippen LogP contribution in [0.3, 0.4) is 0 Å². The van der Waals surface area contributed by atoms with Crippen LogP contribution in [0, 0.1) is 5.92 Å². The number of hydrogen-bond acceptors (Lipinski definition) is 4. The Bertz CT molecular complexity index is 911. The van der Waals surface area contributed by atoms with Crippen molar-refractivity contribution in [2.45, 2.75) is 19.3 Å². The van der Waals surface area contributed by atoms with Crippen LogP contribution < -0.4 is 10.1 Å². The molecule has 0 aromatic heterocycles. The molecule has 3 amide bonds. The van der Waals surface area contributed by atoms with Crippen LogP contribution in [-0.2, 0) is 11.2 Å². The maximum absolute atomic E-state index is 13.2. The molecule has 2 aromatic rings. The van der Waals surface area contributed by atoms with Crippen molar-refractivity contribution in [3.8, 4) is 5.75 Å². The van der Waals surface area contributed by atoms with Crippen LogP contribution in [0.25, 0.3) is 0 Å². The molecule has 2 heterocycles. The minimum Gasteiger partial charge on any atom is -0.497 e. The van der Waals surface area contributed by atoms with Gasteiger partial charge in [-0.3, -0.25) is 9.69 Å². The van der Waals surface area contributed by atoms with E-state index in [2.05, 4.69) is 22.3 Å². The average Bonchev–Trinajstić information content (AvgIpc) is 2.88. The molecule has 0 radical (unpaired) electrons. The number of nitrogens with zero attached hydrogens (tertiary/aromatic N) is 3. The lowest BCUT2D eigenvalue weighted by atomic mass is 9.96. The van der Waals surface area contributed by atoms with E-state index >= 15 is 0 Å². The first-order chi connectivity index (χ1) is 16.1. The predicted molar refractivity (Wildman–Crippen MR) is 129 cm³/mol. The number of amides is 3. The molecule has 0 bridgehead atoms. The Morgan fingerprint density at radius 2 is 1.67 bits per heavy atom. The molecule has 2 aliphatic heterocycles. The molecule has 1 unspecified atom stereocenters. The van der Waals surface area contributed by atoms with Crippen LogP contribution in [-0.4, -0.2) is 79.6 Å². The molecule has 7 nitrogen and oxygen atoms in total. The van der Waals surface area contributed by atoms with Crippen LogP contribution in [0.2, 0.25) is 0 Å². The summed E-state index contributed by atoms with van der Waals surface area (Å²) in [6.07, 6.45) is 2.71. The lowest BCUT2D eigenvalue weighted by Gasteiger charge is -2.39. The van der Waals surface area contributed by atoms with Gasteiger partial charge in [-0.25, -0.2) is 4.79 Å². The number of rotatable bonds is 6. The molecule has 0 aliphatic carbocycles.